The highest BCUT2D eigenvalue weighted by atomic mass is 15.0. The van der Waals surface area contributed by atoms with Gasteiger partial charge in [-0.2, -0.15) is 0 Å². The number of nitrogens with one attached hydrogen (secondary N) is 1. The highest BCUT2D eigenvalue weighted by Crippen LogP contribution is 2.20. The van der Waals surface area contributed by atoms with E-state index < -0.39 is 0 Å². The van der Waals surface area contributed by atoms with Crippen LogP contribution in [-0.4, -0.2) is 5.54 Å². The van der Waals surface area contributed by atoms with Crippen LogP contribution in [0.15, 0.2) is 42.5 Å². The highest BCUT2D eigenvalue weighted by Gasteiger charge is 2.17. The van der Waals surface area contributed by atoms with Gasteiger partial charge in [0.25, 0.3) is 0 Å². The fraction of sp³-hybridized carbons (Fsp3) is 0.333. The zero-order chi connectivity index (χ0) is 9.90. The lowest BCUT2D eigenvalue weighted by molar-refractivity contribution is 0.668. The van der Waals surface area contributed by atoms with Crippen LogP contribution in [0.2, 0.25) is 0 Å². The molecule has 1 heteroatoms. The second-order valence-electron chi connectivity index (χ2n) is 3.90. The summed E-state index contributed by atoms with van der Waals surface area (Å²) >= 11 is 0. The Labute approximate surface area is 80.5 Å². The van der Waals surface area contributed by atoms with E-state index in [0.29, 0.717) is 0 Å². The third-order valence-corrected chi connectivity index (χ3v) is 2.30. The highest BCUT2D eigenvalue weighted by molar-refractivity contribution is 5.47. The van der Waals surface area contributed by atoms with Crippen molar-refractivity contribution in [1.29, 1.82) is 0 Å². The Morgan fingerprint density at radius 2 is 1.77 bits per heavy atom. The van der Waals surface area contributed by atoms with Crippen LogP contribution in [0.1, 0.15) is 20.8 Å². The van der Waals surface area contributed by atoms with Gasteiger partial charge in [-0.1, -0.05) is 30.4 Å². The lowest BCUT2D eigenvalue weighted by Gasteiger charge is -2.28. The molecule has 0 aliphatic carbocycles. The first-order valence-corrected chi connectivity index (χ1v) is 4.51. The molecule has 70 valence electrons. The largest absolute Gasteiger partial charge is 0.376 e. The predicted octanol–water partition coefficient (Wildman–Crippen LogP) is 3.45. The minimum absolute atomic E-state index is 0.0403. The second kappa shape index (κ2) is 3.65. The molecule has 1 aromatic rings. The molecule has 0 aliphatic heterocycles. The maximum absolute atomic E-state index is 3.96. The fourth-order valence-electron chi connectivity index (χ4n) is 0.989. The fourth-order valence-corrected chi connectivity index (χ4v) is 0.989. The van der Waals surface area contributed by atoms with E-state index in [2.05, 4.69) is 37.9 Å². The van der Waals surface area contributed by atoms with Gasteiger partial charge in [0.05, 0.1) is 5.54 Å². The van der Waals surface area contributed by atoms with Crippen LogP contribution in [0.3, 0.4) is 0 Å². The molecular formula is C12H17N. The van der Waals surface area contributed by atoms with Gasteiger partial charge < -0.3 is 5.32 Å². The molecule has 0 saturated carbocycles. The van der Waals surface area contributed by atoms with E-state index in [0.717, 1.165) is 11.3 Å². The Hall–Kier alpha value is -1.24. The molecule has 0 atom stereocenters. The SMILES string of the molecule is C=C(C)C(C)(C)Nc1ccccc1. The first-order valence-electron chi connectivity index (χ1n) is 4.51. The van der Waals surface area contributed by atoms with E-state index in [1.807, 2.05) is 25.1 Å². The summed E-state index contributed by atoms with van der Waals surface area (Å²) in [6, 6.07) is 10.2. The monoisotopic (exact) mass is 175 g/mol. The average molecular weight is 175 g/mol. The normalized spacial score (nSPS) is 11.0. The van der Waals surface area contributed by atoms with Gasteiger partial charge in [0.1, 0.15) is 0 Å². The predicted molar refractivity (Wildman–Crippen MR) is 59.0 cm³/mol. The standard InChI is InChI=1S/C12H17N/c1-10(2)12(3,4)13-11-8-6-5-7-9-11/h5-9,13H,1H2,2-4H3. The molecule has 13 heavy (non-hydrogen) atoms. The summed E-state index contributed by atoms with van der Waals surface area (Å²) in [5.74, 6) is 0. The van der Waals surface area contributed by atoms with Gasteiger partial charge in [0.15, 0.2) is 0 Å². The van der Waals surface area contributed by atoms with E-state index in [4.69, 9.17) is 0 Å². The summed E-state index contributed by atoms with van der Waals surface area (Å²) in [4.78, 5) is 0. The third-order valence-electron chi connectivity index (χ3n) is 2.30. The van der Waals surface area contributed by atoms with Crippen LogP contribution in [0.25, 0.3) is 0 Å². The molecule has 1 rings (SSSR count). The number of rotatable bonds is 3. The molecule has 1 aromatic carbocycles. The summed E-state index contributed by atoms with van der Waals surface area (Å²) in [6.45, 7) is 10.3. The summed E-state index contributed by atoms with van der Waals surface area (Å²) in [6.07, 6.45) is 0. The van der Waals surface area contributed by atoms with Crippen molar-refractivity contribution >= 4 is 5.69 Å². The van der Waals surface area contributed by atoms with E-state index in [9.17, 15) is 0 Å². The smallest absolute Gasteiger partial charge is 0.0523 e. The van der Waals surface area contributed by atoms with Crippen LogP contribution >= 0.6 is 0 Å². The van der Waals surface area contributed by atoms with Crippen LogP contribution in [-0.2, 0) is 0 Å². The molecule has 0 aliphatic rings. The summed E-state index contributed by atoms with van der Waals surface area (Å²) < 4.78 is 0. The van der Waals surface area contributed by atoms with Gasteiger partial charge >= 0.3 is 0 Å². The summed E-state index contributed by atoms with van der Waals surface area (Å²) in [7, 11) is 0. The van der Waals surface area contributed by atoms with Crippen molar-refractivity contribution in [3.63, 3.8) is 0 Å². The van der Waals surface area contributed by atoms with E-state index in [-0.39, 0.29) is 5.54 Å². The Morgan fingerprint density at radius 3 is 2.23 bits per heavy atom. The molecule has 0 saturated heterocycles. The number of hydrogen-bond acceptors (Lipinski definition) is 1. The lowest BCUT2D eigenvalue weighted by Crippen LogP contribution is -2.31. The molecule has 0 radical (unpaired) electrons. The van der Waals surface area contributed by atoms with Crippen molar-refractivity contribution in [2.75, 3.05) is 5.32 Å². The van der Waals surface area contributed by atoms with E-state index >= 15 is 0 Å². The maximum Gasteiger partial charge on any atom is 0.0523 e. The third kappa shape index (κ3) is 2.62. The van der Waals surface area contributed by atoms with Crippen molar-refractivity contribution < 1.29 is 0 Å². The van der Waals surface area contributed by atoms with Gasteiger partial charge in [-0.3, -0.25) is 0 Å². The van der Waals surface area contributed by atoms with Gasteiger partial charge in [-0.05, 0) is 32.9 Å². The minimum Gasteiger partial charge on any atom is -0.376 e. The van der Waals surface area contributed by atoms with Crippen molar-refractivity contribution in [1.82, 2.24) is 0 Å². The molecule has 0 aromatic heterocycles. The van der Waals surface area contributed by atoms with E-state index in [1.54, 1.807) is 0 Å². The van der Waals surface area contributed by atoms with Crippen LogP contribution in [0, 0.1) is 0 Å². The number of anilines is 1. The average Bonchev–Trinajstić information content (AvgIpc) is 2.05. The van der Waals surface area contributed by atoms with Crippen LogP contribution in [0.5, 0.6) is 0 Å². The first-order chi connectivity index (χ1) is 6.02. The summed E-state index contributed by atoms with van der Waals surface area (Å²) in [5.41, 5.74) is 2.23. The van der Waals surface area contributed by atoms with Crippen molar-refractivity contribution in [3.05, 3.63) is 42.5 Å². The first kappa shape index (κ1) is 9.85. The topological polar surface area (TPSA) is 12.0 Å². The summed E-state index contributed by atoms with van der Waals surface area (Å²) in [5, 5.41) is 3.42. The Kier molecular flexibility index (Phi) is 2.76. The zero-order valence-corrected chi connectivity index (χ0v) is 8.59. The molecule has 1 N–H and O–H groups in total. The molecule has 0 heterocycles. The number of hydrogen-bond donors (Lipinski definition) is 1. The van der Waals surface area contributed by atoms with Crippen molar-refractivity contribution in [2.45, 2.75) is 26.3 Å². The molecule has 0 amide bonds. The Bertz CT molecular complexity index is 285. The number of benzene rings is 1. The minimum atomic E-state index is -0.0403. The second-order valence-corrected chi connectivity index (χ2v) is 3.90. The van der Waals surface area contributed by atoms with E-state index in [1.165, 1.54) is 0 Å². The van der Waals surface area contributed by atoms with Crippen LogP contribution < -0.4 is 5.32 Å². The van der Waals surface area contributed by atoms with Crippen molar-refractivity contribution in [3.8, 4) is 0 Å². The molecular weight excluding hydrogens is 158 g/mol. The van der Waals surface area contributed by atoms with Crippen molar-refractivity contribution in [2.24, 2.45) is 0 Å². The zero-order valence-electron chi connectivity index (χ0n) is 8.59. The molecule has 0 bridgehead atoms. The van der Waals surface area contributed by atoms with Gasteiger partial charge in [0.2, 0.25) is 0 Å². The van der Waals surface area contributed by atoms with Gasteiger partial charge in [0, 0.05) is 5.69 Å². The molecule has 0 fully saturated rings. The Balaban J connectivity index is 2.75. The molecule has 0 unspecified atom stereocenters. The quantitative estimate of drug-likeness (QED) is 0.694. The maximum atomic E-state index is 3.96. The van der Waals surface area contributed by atoms with Crippen LogP contribution in [0.4, 0.5) is 5.69 Å². The van der Waals surface area contributed by atoms with Gasteiger partial charge in [-0.15, -0.1) is 0 Å². The van der Waals surface area contributed by atoms with Gasteiger partial charge in [-0.25, -0.2) is 0 Å². The molecule has 1 nitrogen and oxygen atoms in total. The number of para-hydroxylation sites is 1. The molecule has 0 spiro atoms. The lowest BCUT2D eigenvalue weighted by atomic mass is 9.96. The Morgan fingerprint density at radius 1 is 1.23 bits per heavy atom.